The van der Waals surface area contributed by atoms with Crippen molar-refractivity contribution in [3.63, 3.8) is 0 Å². The van der Waals surface area contributed by atoms with E-state index < -0.39 is 26.4 Å². The number of nitriles is 1. The highest BCUT2D eigenvalue weighted by Gasteiger charge is 2.72. The first kappa shape index (κ1) is 15.4. The summed E-state index contributed by atoms with van der Waals surface area (Å²) in [4.78, 5) is 11.7. The number of sulfone groups is 1. The van der Waals surface area contributed by atoms with Crippen LogP contribution < -0.4 is 0 Å². The molecule has 2 aromatic rings. The summed E-state index contributed by atoms with van der Waals surface area (Å²) in [6.07, 6.45) is 0.489. The topological polar surface area (TPSA) is 75.0 Å². The van der Waals surface area contributed by atoms with Crippen molar-refractivity contribution in [3.05, 3.63) is 65.7 Å². The summed E-state index contributed by atoms with van der Waals surface area (Å²) < 4.78 is 25.7. The van der Waals surface area contributed by atoms with Crippen LogP contribution in [0.5, 0.6) is 0 Å². The second kappa shape index (κ2) is 5.32. The molecule has 116 valence electrons. The van der Waals surface area contributed by atoms with E-state index in [1.165, 1.54) is 12.1 Å². The Morgan fingerprint density at radius 1 is 1.09 bits per heavy atom. The van der Waals surface area contributed by atoms with Gasteiger partial charge in [0.1, 0.15) is 17.0 Å². The number of hydrogen-bond donors (Lipinski definition) is 0. The van der Waals surface area contributed by atoms with Crippen LogP contribution in [-0.2, 0) is 14.6 Å². The maximum absolute atomic E-state index is 12.9. The number of carbonyl (C=O) groups excluding carboxylic acids is 1. The third-order valence-electron chi connectivity index (χ3n) is 4.41. The van der Waals surface area contributed by atoms with E-state index in [0.717, 1.165) is 5.56 Å². The van der Waals surface area contributed by atoms with Gasteiger partial charge in [0.25, 0.3) is 0 Å². The first-order valence-corrected chi connectivity index (χ1v) is 8.75. The lowest BCUT2D eigenvalue weighted by Crippen LogP contribution is -2.16. The first-order valence-electron chi connectivity index (χ1n) is 7.20. The highest BCUT2D eigenvalue weighted by molar-refractivity contribution is 7.92. The second-order valence-electron chi connectivity index (χ2n) is 5.83. The van der Waals surface area contributed by atoms with Crippen LogP contribution in [0.15, 0.2) is 59.5 Å². The molecule has 1 saturated carbocycles. The molecule has 5 heteroatoms. The van der Waals surface area contributed by atoms with Crippen LogP contribution in [-0.4, -0.2) is 20.0 Å². The third-order valence-corrected chi connectivity index (χ3v) is 6.67. The molecule has 0 bridgehead atoms. The molecule has 0 spiro atoms. The van der Waals surface area contributed by atoms with Crippen LogP contribution in [0, 0.1) is 23.7 Å². The van der Waals surface area contributed by atoms with E-state index in [1.54, 1.807) is 30.3 Å². The van der Waals surface area contributed by atoms with Crippen molar-refractivity contribution in [1.29, 1.82) is 5.26 Å². The van der Waals surface area contributed by atoms with Crippen molar-refractivity contribution >= 4 is 16.1 Å². The maximum atomic E-state index is 12.9. The number of rotatable bonds is 4. The van der Waals surface area contributed by atoms with Crippen LogP contribution in [0.1, 0.15) is 17.0 Å². The highest BCUT2D eigenvalue weighted by atomic mass is 32.2. The summed E-state index contributed by atoms with van der Waals surface area (Å²) in [5.74, 6) is -0.629. The van der Waals surface area contributed by atoms with Crippen LogP contribution >= 0.6 is 0 Å². The third kappa shape index (κ3) is 2.27. The fourth-order valence-corrected chi connectivity index (χ4v) is 5.35. The minimum Gasteiger partial charge on any atom is -0.302 e. The van der Waals surface area contributed by atoms with E-state index in [9.17, 15) is 18.5 Å². The smallest absolute Gasteiger partial charge is 0.183 e. The molecule has 3 rings (SSSR count). The molecule has 0 heterocycles. The molecule has 4 nitrogen and oxygen atoms in total. The SMILES string of the molecule is Cc1ccc([C@H]2[C@H](S(=O)(=O)c3ccccc3)[C@@]2(C#N)C=O)cc1. The van der Waals surface area contributed by atoms with Gasteiger partial charge in [-0.1, -0.05) is 48.0 Å². The molecule has 0 unspecified atom stereocenters. The van der Waals surface area contributed by atoms with Gasteiger partial charge >= 0.3 is 0 Å². The molecule has 1 aliphatic rings. The fourth-order valence-electron chi connectivity index (χ4n) is 3.09. The standard InChI is InChI=1S/C18H15NO3S/c1-13-7-9-14(10-8-13)16-17(18(16,11-19)12-20)23(21,22)15-5-3-2-4-6-15/h2-10,12,16-17H,1H3/t16-,17-,18-/m0/s1. The van der Waals surface area contributed by atoms with E-state index in [-0.39, 0.29) is 4.90 Å². The van der Waals surface area contributed by atoms with Crippen molar-refractivity contribution in [3.8, 4) is 6.07 Å². The van der Waals surface area contributed by atoms with E-state index in [2.05, 4.69) is 0 Å². The molecular weight excluding hydrogens is 310 g/mol. The number of aldehydes is 1. The number of carbonyl (C=O) groups is 1. The predicted molar refractivity (Wildman–Crippen MR) is 85.4 cm³/mol. The van der Waals surface area contributed by atoms with Crippen LogP contribution in [0.3, 0.4) is 0 Å². The Labute approximate surface area is 135 Å². The molecule has 0 radical (unpaired) electrons. The van der Waals surface area contributed by atoms with Gasteiger partial charge in [-0.15, -0.1) is 0 Å². The van der Waals surface area contributed by atoms with Crippen LogP contribution in [0.2, 0.25) is 0 Å². The molecule has 1 fully saturated rings. The highest BCUT2D eigenvalue weighted by Crippen LogP contribution is 2.62. The Kier molecular flexibility index (Phi) is 3.57. The predicted octanol–water partition coefficient (Wildman–Crippen LogP) is 2.64. The molecule has 0 amide bonds. The molecule has 0 aliphatic heterocycles. The quantitative estimate of drug-likeness (QED) is 0.810. The molecule has 0 N–H and O–H groups in total. The maximum Gasteiger partial charge on any atom is 0.183 e. The van der Waals surface area contributed by atoms with E-state index in [4.69, 9.17) is 0 Å². The lowest BCUT2D eigenvalue weighted by atomic mass is 10.0. The zero-order chi connectivity index (χ0) is 16.7. The Morgan fingerprint density at radius 3 is 2.22 bits per heavy atom. The van der Waals surface area contributed by atoms with Crippen LogP contribution in [0.25, 0.3) is 0 Å². The van der Waals surface area contributed by atoms with Gasteiger partial charge in [0, 0.05) is 5.92 Å². The molecule has 23 heavy (non-hydrogen) atoms. The molecule has 0 aromatic heterocycles. The number of nitrogens with zero attached hydrogens (tertiary/aromatic N) is 1. The van der Waals surface area contributed by atoms with E-state index >= 15 is 0 Å². The van der Waals surface area contributed by atoms with Crippen molar-refractivity contribution in [2.75, 3.05) is 0 Å². The van der Waals surface area contributed by atoms with Gasteiger partial charge in [-0.2, -0.15) is 5.26 Å². The van der Waals surface area contributed by atoms with Gasteiger partial charge in [-0.05, 0) is 24.6 Å². The van der Waals surface area contributed by atoms with Gasteiger partial charge in [0.15, 0.2) is 9.84 Å². The van der Waals surface area contributed by atoms with Crippen molar-refractivity contribution in [1.82, 2.24) is 0 Å². The molecular formula is C18H15NO3S. The fraction of sp³-hybridized carbons (Fsp3) is 0.222. The summed E-state index contributed by atoms with van der Waals surface area (Å²) in [6.45, 7) is 1.92. The Balaban J connectivity index is 2.09. The Bertz CT molecular complexity index is 882. The summed E-state index contributed by atoms with van der Waals surface area (Å²) in [5.41, 5.74) is 0.225. The second-order valence-corrected chi connectivity index (χ2v) is 7.90. The minimum absolute atomic E-state index is 0.140. The van der Waals surface area contributed by atoms with Gasteiger partial charge in [-0.3, -0.25) is 0 Å². The van der Waals surface area contributed by atoms with Gasteiger partial charge < -0.3 is 4.79 Å². The Morgan fingerprint density at radius 2 is 1.70 bits per heavy atom. The summed E-state index contributed by atoms with van der Waals surface area (Å²) >= 11 is 0. The van der Waals surface area contributed by atoms with Crippen molar-refractivity contribution in [2.45, 2.75) is 23.0 Å². The number of benzene rings is 2. The van der Waals surface area contributed by atoms with Gasteiger partial charge in [-0.25, -0.2) is 8.42 Å². The van der Waals surface area contributed by atoms with Gasteiger partial charge in [0.2, 0.25) is 0 Å². The molecule has 0 saturated heterocycles. The van der Waals surface area contributed by atoms with Crippen LogP contribution in [0.4, 0.5) is 0 Å². The minimum atomic E-state index is -3.76. The molecule has 3 atom stereocenters. The Hall–Kier alpha value is -2.45. The molecule has 2 aromatic carbocycles. The van der Waals surface area contributed by atoms with E-state index in [1.807, 2.05) is 25.1 Å². The summed E-state index contributed by atoms with van der Waals surface area (Å²) in [5, 5.41) is 8.44. The lowest BCUT2D eigenvalue weighted by Gasteiger charge is -2.04. The average molecular weight is 325 g/mol. The summed E-state index contributed by atoms with van der Waals surface area (Å²) in [6, 6.07) is 17.2. The number of hydrogen-bond acceptors (Lipinski definition) is 4. The summed E-state index contributed by atoms with van der Waals surface area (Å²) in [7, 11) is -3.76. The largest absolute Gasteiger partial charge is 0.302 e. The average Bonchev–Trinajstić information content (AvgIpc) is 3.27. The van der Waals surface area contributed by atoms with Crippen molar-refractivity contribution < 1.29 is 13.2 Å². The number of aryl methyl sites for hydroxylation is 1. The normalized spacial score (nSPS) is 26.3. The molecule has 1 aliphatic carbocycles. The van der Waals surface area contributed by atoms with Crippen molar-refractivity contribution in [2.24, 2.45) is 5.41 Å². The lowest BCUT2D eigenvalue weighted by molar-refractivity contribution is -0.110. The zero-order valence-corrected chi connectivity index (χ0v) is 13.3. The monoisotopic (exact) mass is 325 g/mol. The first-order chi connectivity index (χ1) is 11.0. The van der Waals surface area contributed by atoms with Gasteiger partial charge in [0.05, 0.1) is 11.0 Å². The zero-order valence-electron chi connectivity index (χ0n) is 12.5. The van der Waals surface area contributed by atoms with E-state index in [0.29, 0.717) is 11.8 Å².